The molecule has 0 unspecified atom stereocenters. The average molecular weight is 355 g/mol. The number of hydrogen-bond donors (Lipinski definition) is 1. The molecule has 8 heteroatoms. The van der Waals surface area contributed by atoms with Crippen LogP contribution in [0.5, 0.6) is 0 Å². The van der Waals surface area contributed by atoms with E-state index in [0.29, 0.717) is 12.2 Å². The highest BCUT2D eigenvalue weighted by atomic mass is 19.1. The third kappa shape index (κ3) is 3.16. The zero-order valence-corrected chi connectivity index (χ0v) is 14.5. The van der Waals surface area contributed by atoms with Crippen LogP contribution < -0.4 is 0 Å². The van der Waals surface area contributed by atoms with E-state index >= 15 is 0 Å². The van der Waals surface area contributed by atoms with Crippen molar-refractivity contribution < 1.29 is 14.0 Å². The quantitative estimate of drug-likeness (QED) is 0.888. The topological polar surface area (TPSA) is 93.1 Å². The normalized spacial score (nSPS) is 17.1. The number of rotatable bonds is 2. The predicted molar refractivity (Wildman–Crippen MR) is 90.8 cm³/mol. The Balaban J connectivity index is 1.75. The van der Waals surface area contributed by atoms with Gasteiger partial charge in [-0.25, -0.2) is 4.39 Å². The molecule has 0 aliphatic carbocycles. The van der Waals surface area contributed by atoms with E-state index < -0.39 is 11.7 Å². The molecule has 1 aliphatic heterocycles. The number of aromatic nitrogens is 2. The Morgan fingerprint density at radius 1 is 1.35 bits per heavy atom. The van der Waals surface area contributed by atoms with Crippen molar-refractivity contribution in [2.24, 2.45) is 0 Å². The number of amides is 2. The van der Waals surface area contributed by atoms with E-state index in [4.69, 9.17) is 5.26 Å². The van der Waals surface area contributed by atoms with Crippen LogP contribution >= 0.6 is 0 Å². The summed E-state index contributed by atoms with van der Waals surface area (Å²) >= 11 is 0. The molecule has 1 aliphatic rings. The van der Waals surface area contributed by atoms with Crippen LogP contribution in [0.1, 0.15) is 38.9 Å². The number of halogens is 1. The lowest BCUT2D eigenvalue weighted by Crippen LogP contribution is -2.55. The Bertz CT molecular complexity index is 901. The molecule has 0 saturated carbocycles. The van der Waals surface area contributed by atoms with E-state index in [1.165, 1.54) is 17.0 Å². The van der Waals surface area contributed by atoms with Crippen LogP contribution in [0, 0.1) is 24.1 Å². The standard InChI is InChI=1S/C18H18FN5O2/c1-11-9-21-22-16(11)18(26)24-6-5-23(10-12(24)2)17(25)14-7-13(8-20)3-4-15(14)19/h3-4,7,9,12H,5-6,10H2,1-2H3,(H,21,22)/t12-/m1/s1. The maximum Gasteiger partial charge on any atom is 0.272 e. The lowest BCUT2D eigenvalue weighted by Gasteiger charge is -2.39. The second kappa shape index (κ2) is 6.96. The van der Waals surface area contributed by atoms with Gasteiger partial charge in [-0.15, -0.1) is 0 Å². The Kier molecular flexibility index (Phi) is 4.71. The Morgan fingerprint density at radius 2 is 2.12 bits per heavy atom. The van der Waals surface area contributed by atoms with Gasteiger partial charge in [-0.2, -0.15) is 10.4 Å². The maximum atomic E-state index is 14.0. The van der Waals surface area contributed by atoms with Gasteiger partial charge in [0.15, 0.2) is 0 Å². The van der Waals surface area contributed by atoms with Crippen molar-refractivity contribution in [1.82, 2.24) is 20.0 Å². The molecule has 2 amide bonds. The summed E-state index contributed by atoms with van der Waals surface area (Å²) in [5, 5.41) is 15.5. The number of nitriles is 1. The minimum Gasteiger partial charge on any atom is -0.335 e. The second-order valence-electron chi connectivity index (χ2n) is 6.33. The number of hydrogen-bond acceptors (Lipinski definition) is 4. The summed E-state index contributed by atoms with van der Waals surface area (Å²) in [5.41, 5.74) is 1.30. The molecule has 134 valence electrons. The molecule has 2 aromatic rings. The lowest BCUT2D eigenvalue weighted by molar-refractivity contribution is 0.0408. The Hall–Kier alpha value is -3.21. The maximum absolute atomic E-state index is 14.0. The number of carbonyl (C=O) groups is 2. The third-order valence-corrected chi connectivity index (χ3v) is 4.54. The summed E-state index contributed by atoms with van der Waals surface area (Å²) in [5.74, 6) is -1.30. The van der Waals surface area contributed by atoms with E-state index in [0.717, 1.165) is 11.6 Å². The lowest BCUT2D eigenvalue weighted by atomic mass is 10.1. The number of nitrogens with zero attached hydrogens (tertiary/aromatic N) is 4. The fourth-order valence-corrected chi connectivity index (χ4v) is 3.08. The monoisotopic (exact) mass is 355 g/mol. The van der Waals surface area contributed by atoms with Gasteiger partial charge in [0, 0.05) is 25.7 Å². The smallest absolute Gasteiger partial charge is 0.272 e. The van der Waals surface area contributed by atoms with Gasteiger partial charge >= 0.3 is 0 Å². The minimum absolute atomic E-state index is 0.125. The first-order valence-corrected chi connectivity index (χ1v) is 8.22. The number of benzene rings is 1. The molecule has 26 heavy (non-hydrogen) atoms. The molecule has 0 spiro atoms. The minimum atomic E-state index is -0.659. The first-order chi connectivity index (χ1) is 12.4. The van der Waals surface area contributed by atoms with Gasteiger partial charge in [0.1, 0.15) is 11.5 Å². The van der Waals surface area contributed by atoms with Crippen LogP contribution in [0.25, 0.3) is 0 Å². The summed E-state index contributed by atoms with van der Waals surface area (Å²) in [6, 6.07) is 5.38. The van der Waals surface area contributed by atoms with E-state index in [2.05, 4.69) is 10.2 Å². The van der Waals surface area contributed by atoms with Crippen molar-refractivity contribution in [3.63, 3.8) is 0 Å². The van der Waals surface area contributed by atoms with Crippen molar-refractivity contribution >= 4 is 11.8 Å². The number of H-pyrrole nitrogens is 1. The fraction of sp³-hybridized carbons (Fsp3) is 0.333. The molecule has 1 fully saturated rings. The highest BCUT2D eigenvalue weighted by molar-refractivity contribution is 5.96. The number of aryl methyl sites for hydroxylation is 1. The fourth-order valence-electron chi connectivity index (χ4n) is 3.08. The molecule has 1 N–H and O–H groups in total. The van der Waals surface area contributed by atoms with E-state index in [9.17, 15) is 14.0 Å². The number of carbonyl (C=O) groups excluding carboxylic acids is 2. The summed E-state index contributed by atoms with van der Waals surface area (Å²) in [6.07, 6.45) is 1.59. The van der Waals surface area contributed by atoms with Crippen molar-refractivity contribution in [3.8, 4) is 6.07 Å². The SMILES string of the molecule is Cc1cn[nH]c1C(=O)N1CCN(C(=O)c2cc(C#N)ccc2F)C[C@H]1C. The van der Waals surface area contributed by atoms with Gasteiger partial charge in [-0.1, -0.05) is 0 Å². The van der Waals surface area contributed by atoms with Crippen LogP contribution in [-0.4, -0.2) is 57.5 Å². The number of nitrogens with one attached hydrogen (secondary N) is 1. The zero-order chi connectivity index (χ0) is 18.8. The largest absolute Gasteiger partial charge is 0.335 e. The zero-order valence-electron chi connectivity index (χ0n) is 14.5. The molecular weight excluding hydrogens is 337 g/mol. The van der Waals surface area contributed by atoms with Crippen molar-refractivity contribution in [1.29, 1.82) is 5.26 Å². The van der Waals surface area contributed by atoms with Crippen LogP contribution in [0.15, 0.2) is 24.4 Å². The summed E-state index contributed by atoms with van der Waals surface area (Å²) in [4.78, 5) is 28.5. The second-order valence-corrected chi connectivity index (χ2v) is 6.33. The molecule has 0 bridgehead atoms. The Morgan fingerprint density at radius 3 is 2.73 bits per heavy atom. The van der Waals surface area contributed by atoms with E-state index in [1.54, 1.807) is 18.0 Å². The van der Waals surface area contributed by atoms with E-state index in [1.807, 2.05) is 13.0 Å². The molecular formula is C18H18FN5O2. The summed E-state index contributed by atoms with van der Waals surface area (Å²) in [6.45, 7) is 4.55. The average Bonchev–Trinajstić information content (AvgIpc) is 3.07. The molecule has 1 aromatic carbocycles. The van der Waals surface area contributed by atoms with Crippen molar-refractivity contribution in [2.75, 3.05) is 19.6 Å². The van der Waals surface area contributed by atoms with Gasteiger partial charge < -0.3 is 9.80 Å². The van der Waals surface area contributed by atoms with Crippen LogP contribution in [0.2, 0.25) is 0 Å². The van der Waals surface area contributed by atoms with Gasteiger partial charge in [-0.3, -0.25) is 14.7 Å². The van der Waals surface area contributed by atoms with Crippen molar-refractivity contribution in [3.05, 3.63) is 52.6 Å². The van der Waals surface area contributed by atoms with Gasteiger partial charge in [-0.05, 0) is 37.6 Å². The molecule has 1 saturated heterocycles. The predicted octanol–water partition coefficient (Wildman–Crippen LogP) is 1.72. The molecule has 7 nitrogen and oxygen atoms in total. The van der Waals surface area contributed by atoms with Crippen LogP contribution in [0.4, 0.5) is 4.39 Å². The summed E-state index contributed by atoms with van der Waals surface area (Å²) in [7, 11) is 0. The van der Waals surface area contributed by atoms with Gasteiger partial charge in [0.2, 0.25) is 0 Å². The van der Waals surface area contributed by atoms with Gasteiger partial charge in [0.25, 0.3) is 11.8 Å². The molecule has 2 heterocycles. The Labute approximate surface area is 150 Å². The van der Waals surface area contributed by atoms with Crippen LogP contribution in [-0.2, 0) is 0 Å². The van der Waals surface area contributed by atoms with Crippen LogP contribution in [0.3, 0.4) is 0 Å². The summed E-state index contributed by atoms with van der Waals surface area (Å²) < 4.78 is 14.0. The molecule has 1 aromatic heterocycles. The van der Waals surface area contributed by atoms with Crippen molar-refractivity contribution in [2.45, 2.75) is 19.9 Å². The first kappa shape index (κ1) is 17.6. The first-order valence-electron chi connectivity index (χ1n) is 8.22. The van der Waals surface area contributed by atoms with Gasteiger partial charge in [0.05, 0.1) is 23.4 Å². The molecule has 0 radical (unpaired) electrons. The third-order valence-electron chi connectivity index (χ3n) is 4.54. The number of piperazine rings is 1. The highest BCUT2D eigenvalue weighted by Gasteiger charge is 2.32. The highest BCUT2D eigenvalue weighted by Crippen LogP contribution is 2.19. The number of aromatic amines is 1. The molecule has 1 atom stereocenters. The molecule has 3 rings (SSSR count). The van der Waals surface area contributed by atoms with E-state index in [-0.39, 0.29) is 36.2 Å².